The lowest BCUT2D eigenvalue weighted by Crippen LogP contribution is -2.41. The normalized spacial score (nSPS) is 25.0. The number of oxazole rings is 1. The Hall–Kier alpha value is -3.19. The van der Waals surface area contributed by atoms with Crippen LogP contribution < -0.4 is 9.80 Å². The third-order valence-electron chi connectivity index (χ3n) is 9.20. The van der Waals surface area contributed by atoms with Crippen molar-refractivity contribution >= 4 is 17.4 Å². The Morgan fingerprint density at radius 2 is 1.70 bits per heavy atom. The first-order chi connectivity index (χ1) is 19.4. The van der Waals surface area contributed by atoms with Crippen molar-refractivity contribution in [3.8, 4) is 11.3 Å². The minimum Gasteiger partial charge on any atom is -0.448 e. The summed E-state index contributed by atoms with van der Waals surface area (Å²) in [5, 5.41) is 10.0. The lowest BCUT2D eigenvalue weighted by Gasteiger charge is -2.36. The Morgan fingerprint density at radius 1 is 0.950 bits per heavy atom. The Bertz CT molecular complexity index is 1280. The van der Waals surface area contributed by atoms with E-state index in [0.29, 0.717) is 30.6 Å². The van der Waals surface area contributed by atoms with Crippen LogP contribution in [0.2, 0.25) is 0 Å². The molecule has 7 nitrogen and oxygen atoms in total. The van der Waals surface area contributed by atoms with Crippen LogP contribution in [0.1, 0.15) is 87.5 Å². The van der Waals surface area contributed by atoms with Crippen molar-refractivity contribution in [2.75, 3.05) is 30.4 Å². The van der Waals surface area contributed by atoms with Crippen molar-refractivity contribution in [2.45, 2.75) is 82.1 Å². The standard InChI is InChI=1S/C33H42N4O3/c1-36(2)31-17-14-27(19-34-31)23-8-6-22(7-9-23)20-37(33(39)25-12-15-29(38)16-13-25)28-5-3-4-26(18-28)30-21-40-32(35-30)24-10-11-24/h3-5,14,17-19,21-25,29,38H,6-13,15-16,20H2,1-2H3. The number of amides is 1. The van der Waals surface area contributed by atoms with E-state index in [1.807, 2.05) is 36.2 Å². The van der Waals surface area contributed by atoms with Crippen molar-refractivity contribution in [1.82, 2.24) is 9.97 Å². The molecule has 0 bridgehead atoms. The largest absolute Gasteiger partial charge is 0.448 e. The van der Waals surface area contributed by atoms with E-state index in [1.54, 1.807) is 6.26 Å². The second-order valence-electron chi connectivity index (χ2n) is 12.4. The molecule has 0 atom stereocenters. The Balaban J connectivity index is 1.18. The molecule has 0 spiro atoms. The van der Waals surface area contributed by atoms with Crippen LogP contribution in [0.15, 0.2) is 53.3 Å². The van der Waals surface area contributed by atoms with Gasteiger partial charge in [0.2, 0.25) is 5.91 Å². The minimum atomic E-state index is -0.273. The maximum atomic E-state index is 14.0. The highest BCUT2D eigenvalue weighted by molar-refractivity contribution is 5.95. The van der Waals surface area contributed by atoms with E-state index >= 15 is 0 Å². The van der Waals surface area contributed by atoms with Gasteiger partial charge in [-0.15, -0.1) is 0 Å². The molecule has 40 heavy (non-hydrogen) atoms. The average Bonchev–Trinajstić information content (AvgIpc) is 3.72. The summed E-state index contributed by atoms with van der Waals surface area (Å²) >= 11 is 0. The van der Waals surface area contributed by atoms with Crippen molar-refractivity contribution in [1.29, 1.82) is 0 Å². The third kappa shape index (κ3) is 6.09. The van der Waals surface area contributed by atoms with Gasteiger partial charge in [-0.25, -0.2) is 9.97 Å². The highest BCUT2D eigenvalue weighted by Gasteiger charge is 2.33. The van der Waals surface area contributed by atoms with Gasteiger partial charge < -0.3 is 19.3 Å². The van der Waals surface area contributed by atoms with Gasteiger partial charge in [-0.3, -0.25) is 4.79 Å². The fraction of sp³-hybridized carbons (Fsp3) is 0.545. The SMILES string of the molecule is CN(C)c1ccc(C2CCC(CN(C(=O)C3CCC(O)CC3)c3cccc(-c4coc(C5CC5)n4)c3)CC2)cn1. The highest BCUT2D eigenvalue weighted by Crippen LogP contribution is 2.41. The zero-order valence-electron chi connectivity index (χ0n) is 23.8. The lowest BCUT2D eigenvalue weighted by atomic mass is 9.78. The molecule has 1 amide bonds. The molecule has 1 N–H and O–H groups in total. The van der Waals surface area contributed by atoms with Crippen LogP contribution in [-0.4, -0.2) is 47.7 Å². The Morgan fingerprint density at radius 3 is 2.38 bits per heavy atom. The summed E-state index contributed by atoms with van der Waals surface area (Å²) in [5.74, 6) is 3.44. The lowest BCUT2D eigenvalue weighted by molar-refractivity contribution is -0.124. The maximum Gasteiger partial charge on any atom is 0.230 e. The quantitative estimate of drug-likeness (QED) is 0.348. The molecule has 0 unspecified atom stereocenters. The number of aliphatic hydroxyl groups is 1. The fourth-order valence-electron chi connectivity index (χ4n) is 6.48. The average molecular weight is 543 g/mol. The summed E-state index contributed by atoms with van der Waals surface area (Å²) in [7, 11) is 4.03. The number of carbonyl (C=O) groups is 1. The van der Waals surface area contributed by atoms with Gasteiger partial charge in [0, 0.05) is 49.9 Å². The summed E-state index contributed by atoms with van der Waals surface area (Å²) < 4.78 is 5.76. The molecule has 0 saturated heterocycles. The molecule has 0 aliphatic heterocycles. The summed E-state index contributed by atoms with van der Waals surface area (Å²) in [6.07, 6.45) is 13.2. The van der Waals surface area contributed by atoms with Gasteiger partial charge in [0.15, 0.2) is 5.89 Å². The Labute approximate surface area is 237 Å². The predicted octanol–water partition coefficient (Wildman–Crippen LogP) is 6.54. The molecule has 3 fully saturated rings. The number of nitrogens with zero attached hydrogens (tertiary/aromatic N) is 4. The van der Waals surface area contributed by atoms with E-state index in [9.17, 15) is 9.90 Å². The first kappa shape index (κ1) is 27.0. The molecule has 212 valence electrons. The molecule has 3 aliphatic rings. The van der Waals surface area contributed by atoms with E-state index < -0.39 is 0 Å². The molecule has 3 saturated carbocycles. The zero-order valence-corrected chi connectivity index (χ0v) is 23.8. The highest BCUT2D eigenvalue weighted by atomic mass is 16.3. The van der Waals surface area contributed by atoms with Crippen LogP contribution in [0.25, 0.3) is 11.3 Å². The number of aromatic nitrogens is 2. The molecular weight excluding hydrogens is 500 g/mol. The fourth-order valence-corrected chi connectivity index (χ4v) is 6.48. The molecule has 1 aromatic carbocycles. The summed E-state index contributed by atoms with van der Waals surface area (Å²) in [6.45, 7) is 0.734. The number of carbonyl (C=O) groups excluding carboxylic acids is 1. The first-order valence-corrected chi connectivity index (χ1v) is 15.1. The van der Waals surface area contributed by atoms with Gasteiger partial charge in [0.1, 0.15) is 17.8 Å². The van der Waals surface area contributed by atoms with Gasteiger partial charge in [-0.1, -0.05) is 18.2 Å². The predicted molar refractivity (Wildman–Crippen MR) is 157 cm³/mol. The molecule has 3 aliphatic carbocycles. The maximum absolute atomic E-state index is 14.0. The number of anilines is 2. The van der Waals surface area contributed by atoms with Gasteiger partial charge in [-0.05, 0) is 99.8 Å². The summed E-state index contributed by atoms with van der Waals surface area (Å²) in [6, 6.07) is 12.6. The zero-order chi connectivity index (χ0) is 27.6. The van der Waals surface area contributed by atoms with Crippen LogP contribution in [0, 0.1) is 11.8 Å². The van der Waals surface area contributed by atoms with E-state index in [0.717, 1.165) is 86.6 Å². The second kappa shape index (κ2) is 11.7. The van der Waals surface area contributed by atoms with Crippen LogP contribution in [-0.2, 0) is 4.79 Å². The van der Waals surface area contributed by atoms with Crippen molar-refractivity contribution in [2.24, 2.45) is 11.8 Å². The number of pyridine rings is 1. The second-order valence-corrected chi connectivity index (χ2v) is 12.4. The van der Waals surface area contributed by atoms with Crippen molar-refractivity contribution in [3.63, 3.8) is 0 Å². The molecule has 0 radical (unpaired) electrons. The van der Waals surface area contributed by atoms with Crippen LogP contribution in [0.4, 0.5) is 11.5 Å². The third-order valence-corrected chi connectivity index (χ3v) is 9.20. The van der Waals surface area contributed by atoms with Crippen LogP contribution >= 0.6 is 0 Å². The minimum absolute atomic E-state index is 0.0294. The number of aliphatic hydroxyl groups excluding tert-OH is 1. The van der Waals surface area contributed by atoms with E-state index in [4.69, 9.17) is 9.40 Å². The number of hydrogen-bond acceptors (Lipinski definition) is 6. The molecule has 7 heteroatoms. The molecule has 6 rings (SSSR count). The summed E-state index contributed by atoms with van der Waals surface area (Å²) in [5.41, 5.74) is 4.09. The Kier molecular flexibility index (Phi) is 7.92. The topological polar surface area (TPSA) is 82.7 Å². The van der Waals surface area contributed by atoms with Gasteiger partial charge in [0.25, 0.3) is 0 Å². The van der Waals surface area contributed by atoms with Gasteiger partial charge >= 0.3 is 0 Å². The van der Waals surface area contributed by atoms with E-state index in [1.165, 1.54) is 5.56 Å². The van der Waals surface area contributed by atoms with Crippen LogP contribution in [0.5, 0.6) is 0 Å². The smallest absolute Gasteiger partial charge is 0.230 e. The number of rotatable bonds is 8. The molecule has 2 aromatic heterocycles. The molecule has 3 aromatic rings. The first-order valence-electron chi connectivity index (χ1n) is 15.1. The molecular formula is C33H42N4O3. The molecule has 2 heterocycles. The van der Waals surface area contributed by atoms with Crippen molar-refractivity contribution in [3.05, 3.63) is 60.3 Å². The van der Waals surface area contributed by atoms with Crippen molar-refractivity contribution < 1.29 is 14.3 Å². The van der Waals surface area contributed by atoms with Gasteiger partial charge in [-0.2, -0.15) is 0 Å². The van der Waals surface area contributed by atoms with Gasteiger partial charge in [0.05, 0.1) is 6.10 Å². The summed E-state index contributed by atoms with van der Waals surface area (Å²) in [4.78, 5) is 27.5. The van der Waals surface area contributed by atoms with Crippen LogP contribution in [0.3, 0.4) is 0 Å². The number of benzene rings is 1. The van der Waals surface area contributed by atoms with E-state index in [2.05, 4.69) is 35.3 Å². The van der Waals surface area contributed by atoms with E-state index in [-0.39, 0.29) is 17.9 Å². The number of hydrogen-bond donors (Lipinski definition) is 1. The monoisotopic (exact) mass is 542 g/mol.